The molecule has 0 amide bonds. The summed E-state index contributed by atoms with van der Waals surface area (Å²) in [4.78, 5) is 0. The van der Waals surface area contributed by atoms with Gasteiger partial charge in [-0.2, -0.15) is 0 Å². The topological polar surface area (TPSA) is 109 Å². The zero-order valence-electron chi connectivity index (χ0n) is 19.6. The minimum absolute atomic E-state index is 0.267. The van der Waals surface area contributed by atoms with Crippen molar-refractivity contribution in [3.05, 3.63) is 64.2 Å². The van der Waals surface area contributed by atoms with Crippen molar-refractivity contribution in [2.45, 2.75) is 68.7 Å². The molecule has 5 atom stereocenters. The highest BCUT2D eigenvalue weighted by Gasteiger charge is 2.46. The number of aliphatic hydroxyl groups excluding tert-OH is 4. The van der Waals surface area contributed by atoms with E-state index in [9.17, 15) is 20.4 Å². The zero-order valence-corrected chi connectivity index (χ0v) is 20.3. The van der Waals surface area contributed by atoms with E-state index in [0.29, 0.717) is 22.4 Å². The van der Waals surface area contributed by atoms with Gasteiger partial charge in [0, 0.05) is 18.2 Å². The molecule has 0 bridgehead atoms. The van der Waals surface area contributed by atoms with Gasteiger partial charge in [0.05, 0.1) is 12.7 Å². The van der Waals surface area contributed by atoms with Crippen molar-refractivity contribution in [3.63, 3.8) is 0 Å². The summed E-state index contributed by atoms with van der Waals surface area (Å²) in [7, 11) is 0. The van der Waals surface area contributed by atoms with Crippen molar-refractivity contribution in [2.75, 3.05) is 19.8 Å². The Bertz CT molecular complexity index is 997. The zero-order chi connectivity index (χ0) is 24.6. The van der Waals surface area contributed by atoms with Crippen molar-refractivity contribution in [1.82, 2.24) is 0 Å². The molecule has 0 unspecified atom stereocenters. The van der Waals surface area contributed by atoms with E-state index >= 15 is 0 Å². The highest BCUT2D eigenvalue weighted by Crippen LogP contribution is 2.50. The van der Waals surface area contributed by atoms with Gasteiger partial charge in [0.15, 0.2) is 0 Å². The third-order valence-corrected chi connectivity index (χ3v) is 8.15. The summed E-state index contributed by atoms with van der Waals surface area (Å²) in [5.74, 6) is 0.863. The molecule has 7 nitrogen and oxygen atoms in total. The Labute approximate surface area is 210 Å². The van der Waals surface area contributed by atoms with Gasteiger partial charge >= 0.3 is 0 Å². The van der Waals surface area contributed by atoms with Crippen LogP contribution in [-0.4, -0.2) is 70.8 Å². The third kappa shape index (κ3) is 5.23. The molecule has 0 radical (unpaired) electrons. The van der Waals surface area contributed by atoms with Gasteiger partial charge < -0.3 is 34.6 Å². The summed E-state index contributed by atoms with van der Waals surface area (Å²) in [5, 5.41) is 40.7. The Morgan fingerprint density at radius 1 is 0.943 bits per heavy atom. The summed E-state index contributed by atoms with van der Waals surface area (Å²) in [6.07, 6.45) is -0.692. The van der Waals surface area contributed by atoms with Crippen LogP contribution < -0.4 is 4.74 Å². The average Bonchev–Trinajstić information content (AvgIpc) is 2.85. The van der Waals surface area contributed by atoms with Crippen molar-refractivity contribution < 1.29 is 34.6 Å². The van der Waals surface area contributed by atoms with Gasteiger partial charge in [-0.3, -0.25) is 0 Å². The quantitative estimate of drug-likeness (QED) is 0.479. The molecule has 3 aliphatic rings. The molecule has 4 N–H and O–H groups in total. The Kier molecular flexibility index (Phi) is 7.38. The monoisotopic (exact) mass is 504 g/mol. The minimum Gasteiger partial charge on any atom is -0.490 e. The predicted octanol–water partition coefficient (Wildman–Crippen LogP) is 2.78. The normalized spacial score (nSPS) is 30.7. The number of hydrogen-bond donors (Lipinski definition) is 4. The summed E-state index contributed by atoms with van der Waals surface area (Å²) in [6, 6.07) is 13.3. The van der Waals surface area contributed by atoms with Crippen molar-refractivity contribution >= 4 is 11.6 Å². The molecule has 190 valence electrons. The van der Waals surface area contributed by atoms with Gasteiger partial charge in [0.2, 0.25) is 0 Å². The van der Waals surface area contributed by atoms with Crippen LogP contribution in [0.5, 0.6) is 5.75 Å². The van der Waals surface area contributed by atoms with E-state index in [1.165, 1.54) is 0 Å². The van der Waals surface area contributed by atoms with Gasteiger partial charge in [0.25, 0.3) is 0 Å². The second-order valence-corrected chi connectivity index (χ2v) is 10.6. The summed E-state index contributed by atoms with van der Waals surface area (Å²) in [6.45, 7) is 1.26. The van der Waals surface area contributed by atoms with Gasteiger partial charge in [-0.15, -0.1) is 0 Å². The molecule has 35 heavy (non-hydrogen) atoms. The lowest BCUT2D eigenvalue weighted by Gasteiger charge is -2.49. The van der Waals surface area contributed by atoms with Crippen molar-refractivity contribution in [2.24, 2.45) is 5.41 Å². The molecule has 1 aliphatic carbocycles. The van der Waals surface area contributed by atoms with E-state index in [1.54, 1.807) is 12.1 Å². The number of benzene rings is 2. The lowest BCUT2D eigenvalue weighted by molar-refractivity contribution is -0.231. The Balaban J connectivity index is 1.23. The average molecular weight is 505 g/mol. The minimum atomic E-state index is -1.42. The van der Waals surface area contributed by atoms with Crippen LogP contribution in [-0.2, 0) is 15.9 Å². The molecule has 2 saturated heterocycles. The van der Waals surface area contributed by atoms with Crippen LogP contribution >= 0.6 is 11.6 Å². The Hall–Kier alpha value is -1.71. The maximum Gasteiger partial charge on any atom is 0.119 e. The summed E-state index contributed by atoms with van der Waals surface area (Å²) in [5.41, 5.74) is 2.94. The summed E-state index contributed by atoms with van der Waals surface area (Å²) >= 11 is 6.46. The lowest BCUT2D eigenvalue weighted by Crippen LogP contribution is -2.55. The molecule has 1 spiro atoms. The van der Waals surface area contributed by atoms with E-state index in [1.807, 2.05) is 30.3 Å². The maximum atomic E-state index is 10.5. The van der Waals surface area contributed by atoms with E-state index < -0.39 is 37.1 Å². The van der Waals surface area contributed by atoms with Crippen molar-refractivity contribution in [3.8, 4) is 5.75 Å². The predicted molar refractivity (Wildman–Crippen MR) is 130 cm³/mol. The molecule has 1 saturated carbocycles. The van der Waals surface area contributed by atoms with Crippen LogP contribution in [0.3, 0.4) is 0 Å². The number of ether oxygens (including phenoxy) is 3. The van der Waals surface area contributed by atoms with Crippen LogP contribution in [0.1, 0.15) is 48.5 Å². The van der Waals surface area contributed by atoms with Crippen LogP contribution in [0.25, 0.3) is 0 Å². The standard InChI is InChI=1S/C27H33ClO7/c28-21-6-3-17(26-25(32)24(31)23(30)22(15-29)35-26)12-18(21)11-16-1-4-19(5-2-16)34-20-13-27(14-20)7-9-33-10-8-27/h1-6,12,20,22-26,29-32H,7-11,13-15H2/t22-,23-,24+,25-,26+/m1/s1. The van der Waals surface area contributed by atoms with Gasteiger partial charge in [-0.1, -0.05) is 35.9 Å². The Morgan fingerprint density at radius 2 is 1.66 bits per heavy atom. The Morgan fingerprint density at radius 3 is 2.34 bits per heavy atom. The first-order chi connectivity index (χ1) is 16.9. The summed E-state index contributed by atoms with van der Waals surface area (Å²) < 4.78 is 17.4. The second kappa shape index (κ2) is 10.3. The number of hydrogen-bond acceptors (Lipinski definition) is 7. The lowest BCUT2D eigenvalue weighted by atomic mass is 9.62. The molecule has 2 aromatic carbocycles. The second-order valence-electron chi connectivity index (χ2n) is 10.2. The number of halogens is 1. The first-order valence-corrected chi connectivity index (χ1v) is 12.7. The molecule has 3 fully saturated rings. The van der Waals surface area contributed by atoms with E-state index in [0.717, 1.165) is 55.8 Å². The SMILES string of the molecule is OC[C@H]1O[C@@H](c2ccc(Cl)c(Cc3ccc(OC4CC5(CCOCC5)C4)cc3)c2)[C@H](O)[C@@H](O)[C@@H]1O. The number of aliphatic hydroxyl groups is 4. The van der Waals surface area contributed by atoms with Crippen molar-refractivity contribution in [1.29, 1.82) is 0 Å². The smallest absolute Gasteiger partial charge is 0.119 e. The van der Waals surface area contributed by atoms with Crippen LogP contribution in [0.15, 0.2) is 42.5 Å². The van der Waals surface area contributed by atoms with Gasteiger partial charge in [-0.25, -0.2) is 0 Å². The van der Waals surface area contributed by atoms with Crippen LogP contribution in [0.2, 0.25) is 5.02 Å². The largest absolute Gasteiger partial charge is 0.490 e. The first-order valence-electron chi connectivity index (χ1n) is 12.3. The molecule has 2 heterocycles. The fourth-order valence-electron chi connectivity index (χ4n) is 5.58. The van der Waals surface area contributed by atoms with E-state index in [2.05, 4.69) is 0 Å². The maximum absolute atomic E-state index is 10.5. The van der Waals surface area contributed by atoms with Crippen LogP contribution in [0, 0.1) is 5.41 Å². The fourth-order valence-corrected chi connectivity index (χ4v) is 5.77. The van der Waals surface area contributed by atoms with Gasteiger partial charge in [0.1, 0.15) is 36.3 Å². The first kappa shape index (κ1) is 25.0. The molecule has 5 rings (SSSR count). The van der Waals surface area contributed by atoms with E-state index in [-0.39, 0.29) is 6.10 Å². The molecule has 8 heteroatoms. The highest BCUT2D eigenvalue weighted by atomic mass is 35.5. The fraction of sp³-hybridized carbons (Fsp3) is 0.556. The molecular formula is C27H33ClO7. The number of rotatable bonds is 6. The molecule has 0 aromatic heterocycles. The van der Waals surface area contributed by atoms with Gasteiger partial charge in [-0.05, 0) is 72.4 Å². The molecule has 2 aromatic rings. The van der Waals surface area contributed by atoms with Crippen LogP contribution in [0.4, 0.5) is 0 Å². The molecule has 2 aliphatic heterocycles. The third-order valence-electron chi connectivity index (χ3n) is 7.79. The van der Waals surface area contributed by atoms with E-state index in [4.69, 9.17) is 25.8 Å². The highest BCUT2D eigenvalue weighted by molar-refractivity contribution is 6.31. The molecular weight excluding hydrogens is 472 g/mol.